The van der Waals surface area contributed by atoms with Gasteiger partial charge < -0.3 is 14.2 Å². The van der Waals surface area contributed by atoms with E-state index in [1.165, 1.54) is 15.0 Å². The molecule has 1 saturated heterocycles. The van der Waals surface area contributed by atoms with Crippen molar-refractivity contribution < 1.29 is 14.1 Å². The van der Waals surface area contributed by atoms with Gasteiger partial charge >= 0.3 is 5.76 Å². The molecular weight excluding hydrogens is 380 g/mol. The van der Waals surface area contributed by atoms with E-state index >= 15 is 0 Å². The average molecular weight is 402 g/mol. The van der Waals surface area contributed by atoms with Crippen LogP contribution in [0.4, 0.5) is 0 Å². The molecule has 1 aliphatic heterocycles. The van der Waals surface area contributed by atoms with Crippen LogP contribution in [0.25, 0.3) is 11.1 Å². The zero-order valence-electron chi connectivity index (χ0n) is 15.4. The normalized spacial score (nSPS) is 15.2. The topological polar surface area (TPSA) is 72.8 Å². The fraction of sp³-hybridized carbons (Fsp3) is 0.350. The van der Waals surface area contributed by atoms with Crippen molar-refractivity contribution in [1.82, 2.24) is 14.5 Å². The molecule has 0 atom stereocenters. The molecule has 4 rings (SSSR count). The van der Waals surface area contributed by atoms with Crippen molar-refractivity contribution in [2.75, 3.05) is 26.2 Å². The van der Waals surface area contributed by atoms with Crippen LogP contribution in [-0.2, 0) is 17.9 Å². The van der Waals surface area contributed by atoms with Gasteiger partial charge in [0.25, 0.3) is 0 Å². The number of carbonyl (C=O) groups excluding carboxylic acids is 1. The number of aromatic nitrogens is 2. The van der Waals surface area contributed by atoms with Gasteiger partial charge in [0.2, 0.25) is 5.91 Å². The number of halogens is 1. The standard InChI is InChI=1S/C20H21ClN4O3/c21-16-1-2-17-18(13-16)28-20(27)25(17)8-5-19(26)24-11-9-23(10-12-24)14-15-3-6-22-7-4-15/h1-4,6-7,13H,5,8-12,14H2/p+1. The molecule has 28 heavy (non-hydrogen) atoms. The predicted octanol–water partition coefficient (Wildman–Crippen LogP) is 0.960. The Balaban J connectivity index is 1.32. The highest BCUT2D eigenvalue weighted by Crippen LogP contribution is 2.18. The minimum atomic E-state index is -0.461. The second kappa shape index (κ2) is 8.16. The summed E-state index contributed by atoms with van der Waals surface area (Å²) in [6, 6.07) is 9.13. The van der Waals surface area contributed by atoms with E-state index in [1.54, 1.807) is 18.2 Å². The first-order valence-corrected chi connectivity index (χ1v) is 9.77. The fourth-order valence-electron chi connectivity index (χ4n) is 3.66. The summed E-state index contributed by atoms with van der Waals surface area (Å²) in [5.74, 6) is -0.394. The molecule has 0 radical (unpaired) electrons. The molecule has 146 valence electrons. The summed E-state index contributed by atoms with van der Waals surface area (Å²) >= 11 is 5.93. The summed E-state index contributed by atoms with van der Waals surface area (Å²) in [4.78, 5) is 32.1. The Kier molecular flexibility index (Phi) is 5.45. The Morgan fingerprint density at radius 1 is 1.18 bits per heavy atom. The molecule has 3 heterocycles. The van der Waals surface area contributed by atoms with Gasteiger partial charge in [-0.15, -0.1) is 0 Å². The number of aryl methyl sites for hydroxylation is 1. The van der Waals surface area contributed by atoms with E-state index in [0.717, 1.165) is 32.7 Å². The third-order valence-corrected chi connectivity index (χ3v) is 5.44. The number of hydrogen-bond donors (Lipinski definition) is 1. The first-order chi connectivity index (χ1) is 13.6. The van der Waals surface area contributed by atoms with Crippen LogP contribution in [0.1, 0.15) is 12.0 Å². The van der Waals surface area contributed by atoms with Gasteiger partial charge in [0.05, 0.1) is 31.7 Å². The van der Waals surface area contributed by atoms with Gasteiger partial charge in [0, 0.05) is 42.0 Å². The molecule has 2 aromatic heterocycles. The van der Waals surface area contributed by atoms with Gasteiger partial charge in [0.1, 0.15) is 6.54 Å². The molecule has 0 unspecified atom stereocenters. The van der Waals surface area contributed by atoms with E-state index in [-0.39, 0.29) is 12.3 Å². The van der Waals surface area contributed by atoms with Gasteiger partial charge in [-0.3, -0.25) is 14.3 Å². The minimum Gasteiger partial charge on any atom is -0.408 e. The van der Waals surface area contributed by atoms with Crippen molar-refractivity contribution in [1.29, 1.82) is 0 Å². The number of fused-ring (bicyclic) bond motifs is 1. The third kappa shape index (κ3) is 4.10. The van der Waals surface area contributed by atoms with Gasteiger partial charge in [-0.25, -0.2) is 4.79 Å². The predicted molar refractivity (Wildman–Crippen MR) is 105 cm³/mol. The Labute approximate surface area is 167 Å². The van der Waals surface area contributed by atoms with E-state index in [1.807, 2.05) is 29.4 Å². The van der Waals surface area contributed by atoms with Gasteiger partial charge in [0.15, 0.2) is 5.58 Å². The van der Waals surface area contributed by atoms with Crippen LogP contribution in [0.5, 0.6) is 0 Å². The Morgan fingerprint density at radius 2 is 1.93 bits per heavy atom. The number of nitrogens with one attached hydrogen (secondary N) is 1. The number of hydrogen-bond acceptors (Lipinski definition) is 4. The highest BCUT2D eigenvalue weighted by atomic mass is 35.5. The smallest absolute Gasteiger partial charge is 0.408 e. The van der Waals surface area contributed by atoms with Crippen molar-refractivity contribution in [3.05, 3.63) is 63.9 Å². The van der Waals surface area contributed by atoms with Gasteiger partial charge in [-0.1, -0.05) is 11.6 Å². The van der Waals surface area contributed by atoms with Crippen molar-refractivity contribution in [2.45, 2.75) is 19.5 Å². The Morgan fingerprint density at radius 3 is 2.68 bits per heavy atom. The van der Waals surface area contributed by atoms with E-state index in [9.17, 15) is 9.59 Å². The van der Waals surface area contributed by atoms with Crippen molar-refractivity contribution in [3.8, 4) is 0 Å². The lowest BCUT2D eigenvalue weighted by atomic mass is 10.2. The highest BCUT2D eigenvalue weighted by Gasteiger charge is 2.24. The van der Waals surface area contributed by atoms with Crippen molar-refractivity contribution >= 4 is 28.6 Å². The Bertz CT molecular complexity index is 1020. The second-order valence-corrected chi connectivity index (χ2v) is 7.48. The van der Waals surface area contributed by atoms with Crippen molar-refractivity contribution in [2.24, 2.45) is 0 Å². The van der Waals surface area contributed by atoms with Crippen LogP contribution in [0, 0.1) is 0 Å². The average Bonchev–Trinajstić information content (AvgIpc) is 3.01. The van der Waals surface area contributed by atoms with Crippen LogP contribution in [0.3, 0.4) is 0 Å². The molecule has 1 fully saturated rings. The molecule has 1 aromatic carbocycles. The number of rotatable bonds is 5. The lowest BCUT2D eigenvalue weighted by Crippen LogP contribution is -3.13. The largest absolute Gasteiger partial charge is 0.419 e. The summed E-state index contributed by atoms with van der Waals surface area (Å²) in [6.45, 7) is 4.55. The molecule has 0 aliphatic carbocycles. The molecule has 8 heteroatoms. The van der Waals surface area contributed by atoms with Crippen LogP contribution in [0.2, 0.25) is 5.02 Å². The zero-order chi connectivity index (χ0) is 19.5. The SMILES string of the molecule is O=C(CCn1c(=O)oc2cc(Cl)ccc21)N1CC[NH+](Cc2ccncc2)CC1. The molecule has 0 bridgehead atoms. The zero-order valence-corrected chi connectivity index (χ0v) is 16.2. The summed E-state index contributed by atoms with van der Waals surface area (Å²) in [5.41, 5.74) is 2.36. The summed E-state index contributed by atoms with van der Waals surface area (Å²) in [5, 5.41) is 0.511. The van der Waals surface area contributed by atoms with Crippen LogP contribution >= 0.6 is 11.6 Å². The molecule has 1 N–H and O–H groups in total. The van der Waals surface area contributed by atoms with E-state index in [0.29, 0.717) is 22.7 Å². The van der Waals surface area contributed by atoms with Gasteiger partial charge in [-0.2, -0.15) is 0 Å². The molecule has 0 saturated carbocycles. The molecule has 0 spiro atoms. The number of carbonyl (C=O) groups is 1. The number of nitrogens with zero attached hydrogens (tertiary/aromatic N) is 3. The molecule has 7 nitrogen and oxygen atoms in total. The fourth-order valence-corrected chi connectivity index (χ4v) is 3.82. The van der Waals surface area contributed by atoms with Crippen LogP contribution in [0.15, 0.2) is 51.9 Å². The van der Waals surface area contributed by atoms with E-state index in [4.69, 9.17) is 16.0 Å². The molecule has 1 aliphatic rings. The molecule has 3 aromatic rings. The maximum atomic E-state index is 12.6. The highest BCUT2D eigenvalue weighted by molar-refractivity contribution is 6.31. The number of benzene rings is 1. The second-order valence-electron chi connectivity index (χ2n) is 7.04. The third-order valence-electron chi connectivity index (χ3n) is 5.21. The number of piperazine rings is 1. The number of oxazole rings is 1. The van der Waals surface area contributed by atoms with Crippen molar-refractivity contribution in [3.63, 3.8) is 0 Å². The molecule has 1 amide bonds. The van der Waals surface area contributed by atoms with E-state index < -0.39 is 5.76 Å². The lowest BCUT2D eigenvalue weighted by molar-refractivity contribution is -0.917. The van der Waals surface area contributed by atoms with Gasteiger partial charge in [-0.05, 0) is 24.3 Å². The van der Waals surface area contributed by atoms with Crippen LogP contribution < -0.4 is 10.7 Å². The minimum absolute atomic E-state index is 0.0678. The summed E-state index contributed by atoms with van der Waals surface area (Å²) in [6.07, 6.45) is 3.89. The lowest BCUT2D eigenvalue weighted by Gasteiger charge is -2.32. The van der Waals surface area contributed by atoms with Crippen LogP contribution in [-0.4, -0.2) is 46.5 Å². The quantitative estimate of drug-likeness (QED) is 0.691. The van der Waals surface area contributed by atoms with E-state index in [2.05, 4.69) is 4.98 Å². The number of pyridine rings is 1. The summed E-state index contributed by atoms with van der Waals surface area (Å²) in [7, 11) is 0. The number of quaternary nitrogens is 1. The maximum absolute atomic E-state index is 12.6. The number of amides is 1. The summed E-state index contributed by atoms with van der Waals surface area (Å²) < 4.78 is 6.71. The molecular formula is C20H22ClN4O3+. The first kappa shape index (κ1) is 18.7. The Hall–Kier alpha value is -2.64. The monoisotopic (exact) mass is 401 g/mol. The maximum Gasteiger partial charge on any atom is 0.419 e. The first-order valence-electron chi connectivity index (χ1n) is 9.39.